The van der Waals surface area contributed by atoms with Crippen molar-refractivity contribution in [2.45, 2.75) is 24.1 Å². The molecular weight excluding hydrogens is 451 g/mol. The van der Waals surface area contributed by atoms with E-state index in [1.807, 2.05) is 6.92 Å². The second kappa shape index (κ2) is 8.76. The van der Waals surface area contributed by atoms with Gasteiger partial charge in [-0.05, 0) is 36.8 Å². The van der Waals surface area contributed by atoms with Crippen LogP contribution in [-0.4, -0.2) is 18.9 Å². The Balaban J connectivity index is 1.66. The van der Waals surface area contributed by atoms with Crippen molar-refractivity contribution in [2.24, 2.45) is 0 Å². The number of nitrogens with one attached hydrogen (secondary N) is 1. The third-order valence-corrected chi connectivity index (χ3v) is 7.10. The molecule has 32 heavy (non-hydrogen) atoms. The molecule has 0 aliphatic rings. The number of anilines is 1. The van der Waals surface area contributed by atoms with Crippen LogP contribution < -0.4 is 5.32 Å². The monoisotopic (exact) mass is 470 g/mol. The molecule has 0 saturated heterocycles. The first-order valence-electron chi connectivity index (χ1n) is 9.84. The quantitative estimate of drug-likeness (QED) is 0.412. The van der Waals surface area contributed by atoms with Crippen molar-refractivity contribution >= 4 is 43.9 Å². The Bertz CT molecular complexity index is 1430. The summed E-state index contributed by atoms with van der Waals surface area (Å²) in [7, 11) is -3.86. The summed E-state index contributed by atoms with van der Waals surface area (Å²) in [5, 5.41) is 3.80. The van der Waals surface area contributed by atoms with Gasteiger partial charge in [-0.2, -0.15) is 0 Å². The number of sulfone groups is 1. The number of para-hydroxylation sites is 1. The number of rotatable bonds is 6. The number of benzene rings is 3. The van der Waals surface area contributed by atoms with Crippen molar-refractivity contribution < 1.29 is 17.6 Å². The molecule has 0 saturated carbocycles. The van der Waals surface area contributed by atoms with E-state index in [0.29, 0.717) is 21.6 Å². The SMILES string of the molecule is Cc1ccc(Cl)cc1NC(=O)Cn1cc(S(=O)(=O)Cc2ccccc2F)c2ccccc21. The second-order valence-corrected chi connectivity index (χ2v) is 9.89. The number of aromatic nitrogens is 1. The number of nitrogens with zero attached hydrogens (tertiary/aromatic N) is 1. The summed E-state index contributed by atoms with van der Waals surface area (Å²) < 4.78 is 41.9. The number of carbonyl (C=O) groups excluding carboxylic acids is 1. The molecular formula is C24H20ClFN2O3S. The predicted octanol–water partition coefficient (Wildman–Crippen LogP) is 5.35. The zero-order valence-electron chi connectivity index (χ0n) is 17.2. The number of amides is 1. The molecule has 1 heterocycles. The molecule has 0 radical (unpaired) electrons. The standard InChI is InChI=1S/C24H20ClFN2O3S/c1-16-10-11-18(25)12-21(16)27-24(29)14-28-13-23(19-7-3-5-9-22(19)28)32(30,31)15-17-6-2-4-8-20(17)26/h2-13H,14-15H2,1H3,(H,27,29). The van der Waals surface area contributed by atoms with Crippen molar-refractivity contribution in [3.8, 4) is 0 Å². The van der Waals surface area contributed by atoms with Gasteiger partial charge in [-0.15, -0.1) is 0 Å². The fourth-order valence-electron chi connectivity index (χ4n) is 3.56. The molecule has 3 aromatic carbocycles. The molecule has 0 fully saturated rings. The Morgan fingerprint density at radius 2 is 1.78 bits per heavy atom. The topological polar surface area (TPSA) is 68.2 Å². The number of hydrogen-bond acceptors (Lipinski definition) is 3. The van der Waals surface area contributed by atoms with Gasteiger partial charge in [-0.3, -0.25) is 4.79 Å². The first-order valence-corrected chi connectivity index (χ1v) is 11.9. The van der Waals surface area contributed by atoms with Crippen molar-refractivity contribution in [1.82, 2.24) is 4.57 Å². The fraction of sp³-hybridized carbons (Fsp3) is 0.125. The summed E-state index contributed by atoms with van der Waals surface area (Å²) in [6.45, 7) is 1.76. The number of aryl methyl sites for hydroxylation is 1. The molecule has 0 unspecified atom stereocenters. The average Bonchev–Trinajstić information content (AvgIpc) is 3.12. The van der Waals surface area contributed by atoms with Crippen LogP contribution in [0.1, 0.15) is 11.1 Å². The normalized spacial score (nSPS) is 11.6. The smallest absolute Gasteiger partial charge is 0.244 e. The van der Waals surface area contributed by atoms with Crippen molar-refractivity contribution in [2.75, 3.05) is 5.32 Å². The maximum atomic E-state index is 14.1. The highest BCUT2D eigenvalue weighted by molar-refractivity contribution is 7.90. The predicted molar refractivity (Wildman–Crippen MR) is 124 cm³/mol. The summed E-state index contributed by atoms with van der Waals surface area (Å²) in [5.41, 5.74) is 2.13. The van der Waals surface area contributed by atoms with Crippen molar-refractivity contribution in [3.63, 3.8) is 0 Å². The van der Waals surface area contributed by atoms with Gasteiger partial charge in [0.15, 0.2) is 9.84 Å². The van der Waals surface area contributed by atoms with Crippen LogP contribution in [0.15, 0.2) is 77.8 Å². The van der Waals surface area contributed by atoms with Crippen molar-refractivity contribution in [1.29, 1.82) is 0 Å². The highest BCUT2D eigenvalue weighted by Crippen LogP contribution is 2.29. The highest BCUT2D eigenvalue weighted by Gasteiger charge is 2.23. The Morgan fingerprint density at radius 3 is 2.56 bits per heavy atom. The molecule has 4 rings (SSSR count). The molecule has 0 aliphatic heterocycles. The maximum Gasteiger partial charge on any atom is 0.244 e. The zero-order chi connectivity index (χ0) is 22.9. The summed E-state index contributed by atoms with van der Waals surface area (Å²) >= 11 is 6.02. The van der Waals surface area contributed by atoms with Crippen LogP contribution >= 0.6 is 11.6 Å². The van der Waals surface area contributed by atoms with Crippen LogP contribution in [0.4, 0.5) is 10.1 Å². The maximum absolute atomic E-state index is 14.1. The first-order chi connectivity index (χ1) is 15.2. The Hall–Kier alpha value is -3.16. The second-order valence-electron chi connectivity index (χ2n) is 7.50. The van der Waals surface area contributed by atoms with E-state index in [-0.39, 0.29) is 22.9 Å². The van der Waals surface area contributed by atoms with Crippen LogP contribution in [-0.2, 0) is 26.9 Å². The lowest BCUT2D eigenvalue weighted by atomic mass is 10.2. The Labute approximate surface area is 190 Å². The number of hydrogen-bond donors (Lipinski definition) is 1. The molecule has 0 aliphatic carbocycles. The molecule has 5 nitrogen and oxygen atoms in total. The third-order valence-electron chi connectivity index (χ3n) is 5.18. The Morgan fingerprint density at radius 1 is 1.06 bits per heavy atom. The van der Waals surface area contributed by atoms with Gasteiger partial charge in [0.05, 0.1) is 10.6 Å². The molecule has 8 heteroatoms. The number of fused-ring (bicyclic) bond motifs is 1. The van der Waals surface area contributed by atoms with Gasteiger partial charge in [0.1, 0.15) is 12.4 Å². The van der Waals surface area contributed by atoms with Crippen LogP contribution in [0, 0.1) is 12.7 Å². The van der Waals surface area contributed by atoms with E-state index >= 15 is 0 Å². The van der Waals surface area contributed by atoms with Gasteiger partial charge in [-0.1, -0.05) is 54.1 Å². The van der Waals surface area contributed by atoms with E-state index in [2.05, 4.69) is 5.32 Å². The summed E-state index contributed by atoms with van der Waals surface area (Å²) in [5.74, 6) is -1.37. The van der Waals surface area contributed by atoms with Gasteiger partial charge in [0.25, 0.3) is 0 Å². The average molecular weight is 471 g/mol. The van der Waals surface area contributed by atoms with E-state index in [0.717, 1.165) is 5.56 Å². The minimum absolute atomic E-state index is 0.0584. The van der Waals surface area contributed by atoms with E-state index < -0.39 is 21.4 Å². The van der Waals surface area contributed by atoms with Gasteiger partial charge in [0, 0.05) is 33.4 Å². The lowest BCUT2D eigenvalue weighted by molar-refractivity contribution is -0.116. The summed E-state index contributed by atoms with van der Waals surface area (Å²) in [6, 6.07) is 17.9. The van der Waals surface area contributed by atoms with Gasteiger partial charge in [0.2, 0.25) is 5.91 Å². The van der Waals surface area contributed by atoms with Crippen LogP contribution in [0.2, 0.25) is 5.02 Å². The summed E-state index contributed by atoms with van der Waals surface area (Å²) in [6.07, 6.45) is 1.44. The lowest BCUT2D eigenvalue weighted by Gasteiger charge is -2.10. The number of carbonyl (C=O) groups is 1. The van der Waals surface area contributed by atoms with Gasteiger partial charge in [-0.25, -0.2) is 12.8 Å². The third kappa shape index (κ3) is 4.54. The molecule has 1 N–H and O–H groups in total. The van der Waals surface area contributed by atoms with E-state index in [9.17, 15) is 17.6 Å². The van der Waals surface area contributed by atoms with Crippen molar-refractivity contribution in [3.05, 3.63) is 94.9 Å². The molecule has 0 spiro atoms. The minimum atomic E-state index is -3.86. The molecule has 164 valence electrons. The summed E-state index contributed by atoms with van der Waals surface area (Å²) in [4.78, 5) is 12.8. The number of halogens is 2. The molecule has 4 aromatic rings. The highest BCUT2D eigenvalue weighted by atomic mass is 35.5. The molecule has 1 amide bonds. The zero-order valence-corrected chi connectivity index (χ0v) is 18.8. The largest absolute Gasteiger partial charge is 0.337 e. The Kier molecular flexibility index (Phi) is 6.04. The van der Waals surface area contributed by atoms with Crippen LogP contribution in [0.25, 0.3) is 10.9 Å². The molecule has 0 atom stereocenters. The first kappa shape index (κ1) is 22.0. The van der Waals surface area contributed by atoms with Crippen LogP contribution in [0.5, 0.6) is 0 Å². The van der Waals surface area contributed by atoms with E-state index in [4.69, 9.17) is 11.6 Å². The fourth-order valence-corrected chi connectivity index (χ4v) is 5.33. The molecule has 0 bridgehead atoms. The van der Waals surface area contributed by atoms with Gasteiger partial charge >= 0.3 is 0 Å². The minimum Gasteiger partial charge on any atom is -0.337 e. The van der Waals surface area contributed by atoms with E-state index in [1.54, 1.807) is 53.1 Å². The van der Waals surface area contributed by atoms with Crippen LogP contribution in [0.3, 0.4) is 0 Å². The molecule has 1 aromatic heterocycles. The lowest BCUT2D eigenvalue weighted by Crippen LogP contribution is -2.18. The van der Waals surface area contributed by atoms with Gasteiger partial charge < -0.3 is 9.88 Å². The van der Waals surface area contributed by atoms with E-state index in [1.165, 1.54) is 24.4 Å².